The van der Waals surface area contributed by atoms with Crippen molar-refractivity contribution < 1.29 is 22.8 Å². The number of rotatable bonds is 9. The van der Waals surface area contributed by atoms with Gasteiger partial charge in [-0.2, -0.15) is 13.2 Å². The molecule has 0 saturated carbocycles. The normalized spacial score (nSPS) is 11.5. The van der Waals surface area contributed by atoms with E-state index in [1.807, 2.05) is 0 Å². The van der Waals surface area contributed by atoms with Crippen molar-refractivity contribution in [2.24, 2.45) is 0 Å². The summed E-state index contributed by atoms with van der Waals surface area (Å²) in [5, 5.41) is 0. The second kappa shape index (κ2) is 8.50. The molecule has 0 radical (unpaired) electrons. The minimum absolute atomic E-state index is 0.0443. The Morgan fingerprint density at radius 2 is 1.47 bits per heavy atom. The van der Waals surface area contributed by atoms with Gasteiger partial charge in [0.2, 0.25) is 5.78 Å². The van der Waals surface area contributed by atoms with Crippen LogP contribution in [0.2, 0.25) is 0 Å². The smallest absolute Gasteiger partial charge is 0.299 e. The third-order valence-corrected chi connectivity index (χ3v) is 2.53. The highest BCUT2D eigenvalue weighted by Gasteiger charge is 2.38. The Morgan fingerprint density at radius 1 is 0.941 bits per heavy atom. The predicted molar refractivity (Wildman–Crippen MR) is 59.1 cm³/mol. The summed E-state index contributed by atoms with van der Waals surface area (Å²) in [6.45, 7) is 0. The summed E-state index contributed by atoms with van der Waals surface area (Å²) in [5.74, 6) is -1.99. The molecule has 100 valence electrons. The Hall–Kier alpha value is -0.580. The van der Waals surface area contributed by atoms with Gasteiger partial charge in [0.15, 0.2) is 0 Å². The second-order valence-electron chi connectivity index (χ2n) is 3.84. The van der Waals surface area contributed by atoms with Gasteiger partial charge in [-0.05, 0) is 12.8 Å². The number of alkyl halides is 4. The van der Waals surface area contributed by atoms with E-state index in [9.17, 15) is 22.8 Å². The van der Waals surface area contributed by atoms with Gasteiger partial charge in [0, 0.05) is 12.3 Å². The average Bonchev–Trinajstić information content (AvgIpc) is 2.21. The summed E-state index contributed by atoms with van der Waals surface area (Å²) in [6, 6.07) is 0. The molecule has 0 unspecified atom stereocenters. The number of Topliss-reactive ketones (excluding diaryl/α,β-unsaturated/α-hetero) is 2. The molecule has 0 aliphatic rings. The van der Waals surface area contributed by atoms with Gasteiger partial charge in [-0.1, -0.05) is 19.3 Å². The molecular weight excluding hydrogens is 257 g/mol. The van der Waals surface area contributed by atoms with Crippen molar-refractivity contribution >= 4 is 23.2 Å². The van der Waals surface area contributed by atoms with E-state index >= 15 is 0 Å². The van der Waals surface area contributed by atoms with Crippen LogP contribution in [0.15, 0.2) is 0 Å². The van der Waals surface area contributed by atoms with Crippen molar-refractivity contribution in [3.63, 3.8) is 0 Å². The fraction of sp³-hybridized carbons (Fsp3) is 0.818. The molecule has 0 aliphatic heterocycles. The number of ketones is 2. The SMILES string of the molecule is O=C(CCCCCCCCl)CC(=O)C(F)(F)F. The zero-order valence-corrected chi connectivity index (χ0v) is 10.2. The predicted octanol–water partition coefficient (Wildman–Crippen LogP) is 3.66. The number of hydrogen-bond acceptors (Lipinski definition) is 2. The van der Waals surface area contributed by atoms with Crippen LogP contribution < -0.4 is 0 Å². The van der Waals surface area contributed by atoms with Crippen molar-refractivity contribution in [2.45, 2.75) is 51.1 Å². The summed E-state index contributed by atoms with van der Waals surface area (Å²) in [4.78, 5) is 21.5. The van der Waals surface area contributed by atoms with Crippen LogP contribution in [0.5, 0.6) is 0 Å². The molecule has 0 rings (SSSR count). The quantitative estimate of drug-likeness (QED) is 0.365. The molecule has 0 aromatic heterocycles. The molecule has 0 aliphatic carbocycles. The number of halogens is 4. The molecule has 0 atom stereocenters. The van der Waals surface area contributed by atoms with E-state index < -0.39 is 24.2 Å². The van der Waals surface area contributed by atoms with E-state index in [4.69, 9.17) is 11.6 Å². The van der Waals surface area contributed by atoms with Crippen molar-refractivity contribution in [1.82, 2.24) is 0 Å². The standard InChI is InChI=1S/C11H16ClF3O2/c12-7-5-3-1-2-4-6-9(16)8-10(17)11(13,14)15/h1-8H2. The van der Waals surface area contributed by atoms with Gasteiger partial charge in [0.1, 0.15) is 5.78 Å². The molecule has 0 saturated heterocycles. The van der Waals surface area contributed by atoms with E-state index in [1.165, 1.54) is 0 Å². The van der Waals surface area contributed by atoms with Crippen LogP contribution in [0, 0.1) is 0 Å². The molecule has 17 heavy (non-hydrogen) atoms. The first-order chi connectivity index (χ1) is 7.88. The maximum absolute atomic E-state index is 11.8. The van der Waals surface area contributed by atoms with Crippen molar-refractivity contribution in [1.29, 1.82) is 0 Å². The van der Waals surface area contributed by atoms with Crippen molar-refractivity contribution in [2.75, 3.05) is 5.88 Å². The third kappa shape index (κ3) is 9.15. The van der Waals surface area contributed by atoms with Crippen LogP contribution in [0.4, 0.5) is 13.2 Å². The summed E-state index contributed by atoms with van der Waals surface area (Å²) in [6.07, 6.45) is -1.78. The molecule has 6 heteroatoms. The highest BCUT2D eigenvalue weighted by Crippen LogP contribution is 2.18. The Balaban J connectivity index is 3.57. The summed E-state index contributed by atoms with van der Waals surface area (Å²) < 4.78 is 35.5. The van der Waals surface area contributed by atoms with E-state index in [2.05, 4.69) is 0 Å². The van der Waals surface area contributed by atoms with Crippen LogP contribution in [0.25, 0.3) is 0 Å². The van der Waals surface area contributed by atoms with E-state index in [-0.39, 0.29) is 6.42 Å². The first kappa shape index (κ1) is 16.4. The van der Waals surface area contributed by atoms with E-state index in [0.29, 0.717) is 12.3 Å². The molecule has 0 spiro atoms. The largest absolute Gasteiger partial charge is 0.450 e. The Kier molecular flexibility index (Phi) is 8.21. The molecular formula is C11H16ClF3O2. The molecule has 0 fully saturated rings. The van der Waals surface area contributed by atoms with Gasteiger partial charge in [-0.25, -0.2) is 0 Å². The first-order valence-corrected chi connectivity index (χ1v) is 6.09. The third-order valence-electron chi connectivity index (χ3n) is 2.26. The van der Waals surface area contributed by atoms with Crippen LogP contribution in [-0.2, 0) is 9.59 Å². The van der Waals surface area contributed by atoms with Crippen molar-refractivity contribution in [3.8, 4) is 0 Å². The Labute approximate surface area is 104 Å². The van der Waals surface area contributed by atoms with Gasteiger partial charge in [-0.3, -0.25) is 9.59 Å². The van der Waals surface area contributed by atoms with Gasteiger partial charge >= 0.3 is 6.18 Å². The molecule has 0 aromatic carbocycles. The van der Waals surface area contributed by atoms with Gasteiger partial charge in [0.05, 0.1) is 6.42 Å². The van der Waals surface area contributed by atoms with Crippen LogP contribution in [0.3, 0.4) is 0 Å². The highest BCUT2D eigenvalue weighted by molar-refractivity contribution is 6.17. The second-order valence-corrected chi connectivity index (χ2v) is 4.22. The van der Waals surface area contributed by atoms with Crippen LogP contribution in [0.1, 0.15) is 44.9 Å². The maximum Gasteiger partial charge on any atom is 0.450 e. The minimum Gasteiger partial charge on any atom is -0.299 e. The Morgan fingerprint density at radius 3 is 2.00 bits per heavy atom. The lowest BCUT2D eigenvalue weighted by Gasteiger charge is -2.04. The molecule has 0 aromatic rings. The lowest BCUT2D eigenvalue weighted by atomic mass is 10.1. The average molecular weight is 273 g/mol. The van der Waals surface area contributed by atoms with E-state index in [0.717, 1.165) is 25.7 Å². The fourth-order valence-corrected chi connectivity index (χ4v) is 1.50. The maximum atomic E-state index is 11.8. The molecule has 0 bridgehead atoms. The van der Waals surface area contributed by atoms with Crippen molar-refractivity contribution in [3.05, 3.63) is 0 Å². The van der Waals surface area contributed by atoms with Gasteiger partial charge < -0.3 is 0 Å². The zero-order valence-electron chi connectivity index (χ0n) is 9.49. The summed E-state index contributed by atoms with van der Waals surface area (Å²) in [5.41, 5.74) is 0. The molecule has 0 heterocycles. The molecule has 0 N–H and O–H groups in total. The van der Waals surface area contributed by atoms with Crippen LogP contribution >= 0.6 is 11.6 Å². The van der Waals surface area contributed by atoms with Crippen LogP contribution in [-0.4, -0.2) is 23.6 Å². The van der Waals surface area contributed by atoms with Gasteiger partial charge in [-0.15, -0.1) is 11.6 Å². The fourth-order valence-electron chi connectivity index (χ4n) is 1.31. The van der Waals surface area contributed by atoms with Gasteiger partial charge in [0.25, 0.3) is 0 Å². The monoisotopic (exact) mass is 272 g/mol. The number of carbonyl (C=O) groups is 2. The number of unbranched alkanes of at least 4 members (excludes halogenated alkanes) is 4. The Bertz CT molecular complexity index is 252. The zero-order chi connectivity index (χ0) is 13.3. The number of carbonyl (C=O) groups excluding carboxylic acids is 2. The number of hydrogen-bond donors (Lipinski definition) is 0. The summed E-state index contributed by atoms with van der Waals surface area (Å²) in [7, 11) is 0. The lowest BCUT2D eigenvalue weighted by molar-refractivity contribution is -0.171. The lowest BCUT2D eigenvalue weighted by Crippen LogP contribution is -2.25. The summed E-state index contributed by atoms with van der Waals surface area (Å²) >= 11 is 5.47. The highest BCUT2D eigenvalue weighted by atomic mass is 35.5. The molecule has 0 amide bonds. The van der Waals surface area contributed by atoms with E-state index in [1.54, 1.807) is 0 Å². The molecule has 2 nitrogen and oxygen atoms in total. The topological polar surface area (TPSA) is 34.1 Å². The minimum atomic E-state index is -4.89. The first-order valence-electron chi connectivity index (χ1n) is 5.55.